The highest BCUT2D eigenvalue weighted by molar-refractivity contribution is 5.92. The summed E-state index contributed by atoms with van der Waals surface area (Å²) >= 11 is 0. The Morgan fingerprint density at radius 1 is 1.30 bits per heavy atom. The Balaban J connectivity index is 1.98. The molecule has 0 aliphatic carbocycles. The van der Waals surface area contributed by atoms with Gasteiger partial charge in [0.25, 0.3) is 5.91 Å². The zero-order valence-electron chi connectivity index (χ0n) is 12.6. The SMILES string of the molecule is CCNc1cnc(C(=O)N2CCC(C)(CC)CC2)cn1. The molecule has 1 N–H and O–H groups in total. The Kier molecular flexibility index (Phi) is 4.57. The summed E-state index contributed by atoms with van der Waals surface area (Å²) in [5, 5.41) is 3.07. The molecule has 2 rings (SSSR count). The maximum absolute atomic E-state index is 12.4. The van der Waals surface area contributed by atoms with Gasteiger partial charge in [0.1, 0.15) is 11.5 Å². The van der Waals surface area contributed by atoms with E-state index in [-0.39, 0.29) is 5.91 Å². The molecule has 1 amide bonds. The van der Waals surface area contributed by atoms with Crippen molar-refractivity contribution in [1.29, 1.82) is 0 Å². The molecule has 0 atom stereocenters. The van der Waals surface area contributed by atoms with Crippen LogP contribution in [0.15, 0.2) is 12.4 Å². The van der Waals surface area contributed by atoms with E-state index >= 15 is 0 Å². The number of nitrogens with one attached hydrogen (secondary N) is 1. The molecule has 20 heavy (non-hydrogen) atoms. The van der Waals surface area contributed by atoms with Crippen molar-refractivity contribution in [2.24, 2.45) is 5.41 Å². The Bertz CT molecular complexity index is 449. The van der Waals surface area contributed by atoms with Gasteiger partial charge in [-0.25, -0.2) is 9.97 Å². The van der Waals surface area contributed by atoms with Crippen LogP contribution in [-0.4, -0.2) is 40.4 Å². The molecule has 1 aliphatic heterocycles. The molecule has 0 radical (unpaired) electrons. The van der Waals surface area contributed by atoms with Gasteiger partial charge < -0.3 is 10.2 Å². The minimum Gasteiger partial charge on any atom is -0.369 e. The van der Waals surface area contributed by atoms with Gasteiger partial charge in [-0.15, -0.1) is 0 Å². The summed E-state index contributed by atoms with van der Waals surface area (Å²) in [6.07, 6.45) is 6.49. The summed E-state index contributed by atoms with van der Waals surface area (Å²) < 4.78 is 0. The van der Waals surface area contributed by atoms with Crippen LogP contribution in [0.25, 0.3) is 0 Å². The number of carbonyl (C=O) groups excluding carboxylic acids is 1. The van der Waals surface area contributed by atoms with Crippen molar-refractivity contribution >= 4 is 11.7 Å². The number of nitrogens with zero attached hydrogens (tertiary/aromatic N) is 3. The Hall–Kier alpha value is -1.65. The number of amides is 1. The van der Waals surface area contributed by atoms with E-state index < -0.39 is 0 Å². The van der Waals surface area contributed by atoms with E-state index in [2.05, 4.69) is 29.1 Å². The van der Waals surface area contributed by atoms with Crippen molar-refractivity contribution in [2.75, 3.05) is 25.0 Å². The van der Waals surface area contributed by atoms with Crippen LogP contribution in [0.4, 0.5) is 5.82 Å². The standard InChI is InChI=1S/C15H24N4O/c1-4-15(3)6-8-19(9-7-15)14(20)12-10-18-13(11-17-12)16-5-2/h10-11H,4-9H2,1-3H3,(H,16,18). The topological polar surface area (TPSA) is 58.1 Å². The Morgan fingerprint density at radius 3 is 2.50 bits per heavy atom. The maximum atomic E-state index is 12.4. The normalized spacial score (nSPS) is 17.9. The van der Waals surface area contributed by atoms with Crippen molar-refractivity contribution in [1.82, 2.24) is 14.9 Å². The molecule has 1 aromatic rings. The van der Waals surface area contributed by atoms with Gasteiger partial charge in [-0.3, -0.25) is 4.79 Å². The monoisotopic (exact) mass is 276 g/mol. The molecule has 5 heteroatoms. The van der Waals surface area contributed by atoms with Crippen LogP contribution in [0.1, 0.15) is 50.5 Å². The van der Waals surface area contributed by atoms with Gasteiger partial charge in [-0.05, 0) is 25.2 Å². The van der Waals surface area contributed by atoms with Crippen LogP contribution >= 0.6 is 0 Å². The fourth-order valence-corrected chi connectivity index (χ4v) is 2.48. The average Bonchev–Trinajstić information content (AvgIpc) is 2.48. The number of rotatable bonds is 4. The van der Waals surface area contributed by atoms with E-state index in [4.69, 9.17) is 0 Å². The molecule has 0 bridgehead atoms. The van der Waals surface area contributed by atoms with Crippen LogP contribution < -0.4 is 5.32 Å². The van der Waals surface area contributed by atoms with Crippen molar-refractivity contribution in [2.45, 2.75) is 40.0 Å². The van der Waals surface area contributed by atoms with E-state index in [1.807, 2.05) is 11.8 Å². The largest absolute Gasteiger partial charge is 0.369 e. The van der Waals surface area contributed by atoms with Crippen LogP contribution in [0.3, 0.4) is 0 Å². The van der Waals surface area contributed by atoms with E-state index in [0.29, 0.717) is 16.9 Å². The second-order valence-electron chi connectivity index (χ2n) is 5.77. The molecule has 110 valence electrons. The van der Waals surface area contributed by atoms with E-state index in [1.165, 1.54) is 6.42 Å². The summed E-state index contributed by atoms with van der Waals surface area (Å²) in [5.41, 5.74) is 0.823. The van der Waals surface area contributed by atoms with Crippen LogP contribution in [0, 0.1) is 5.41 Å². The van der Waals surface area contributed by atoms with E-state index in [1.54, 1.807) is 12.4 Å². The van der Waals surface area contributed by atoms with Crippen molar-refractivity contribution in [3.8, 4) is 0 Å². The molecule has 0 spiro atoms. The number of hydrogen-bond acceptors (Lipinski definition) is 4. The molecule has 5 nitrogen and oxygen atoms in total. The second-order valence-corrected chi connectivity index (χ2v) is 5.77. The number of anilines is 1. The molecule has 0 saturated carbocycles. The van der Waals surface area contributed by atoms with Gasteiger partial charge in [0.15, 0.2) is 0 Å². The molecule has 1 fully saturated rings. The number of aromatic nitrogens is 2. The maximum Gasteiger partial charge on any atom is 0.274 e. The summed E-state index contributed by atoms with van der Waals surface area (Å²) in [6.45, 7) is 8.96. The van der Waals surface area contributed by atoms with Gasteiger partial charge >= 0.3 is 0 Å². The fourth-order valence-electron chi connectivity index (χ4n) is 2.48. The third-order valence-corrected chi connectivity index (χ3v) is 4.34. The van der Waals surface area contributed by atoms with E-state index in [0.717, 1.165) is 32.5 Å². The van der Waals surface area contributed by atoms with Crippen molar-refractivity contribution < 1.29 is 4.79 Å². The number of likely N-dealkylation sites (tertiary alicyclic amines) is 1. The first-order valence-electron chi connectivity index (χ1n) is 7.43. The third-order valence-electron chi connectivity index (χ3n) is 4.34. The quantitative estimate of drug-likeness (QED) is 0.918. The third kappa shape index (κ3) is 3.26. The predicted octanol–water partition coefficient (Wildman–Crippen LogP) is 2.56. The predicted molar refractivity (Wildman–Crippen MR) is 79.7 cm³/mol. The molecule has 2 heterocycles. The summed E-state index contributed by atoms with van der Waals surface area (Å²) in [5.74, 6) is 0.708. The first-order chi connectivity index (χ1) is 9.58. The van der Waals surface area contributed by atoms with Gasteiger partial charge in [0.05, 0.1) is 12.4 Å². The fraction of sp³-hybridized carbons (Fsp3) is 0.667. The van der Waals surface area contributed by atoms with Gasteiger partial charge in [0.2, 0.25) is 0 Å². The summed E-state index contributed by atoms with van der Waals surface area (Å²) in [4.78, 5) is 22.7. The highest BCUT2D eigenvalue weighted by Crippen LogP contribution is 2.34. The van der Waals surface area contributed by atoms with Gasteiger partial charge in [-0.2, -0.15) is 0 Å². The Labute approximate surface area is 120 Å². The van der Waals surface area contributed by atoms with Crippen molar-refractivity contribution in [3.63, 3.8) is 0 Å². The van der Waals surface area contributed by atoms with Crippen LogP contribution in [0.5, 0.6) is 0 Å². The molecule has 0 aromatic carbocycles. The summed E-state index contributed by atoms with van der Waals surface area (Å²) in [6, 6.07) is 0. The summed E-state index contributed by atoms with van der Waals surface area (Å²) in [7, 11) is 0. The number of piperidine rings is 1. The molecular weight excluding hydrogens is 252 g/mol. The zero-order valence-corrected chi connectivity index (χ0v) is 12.6. The average molecular weight is 276 g/mol. The highest BCUT2D eigenvalue weighted by Gasteiger charge is 2.31. The first-order valence-corrected chi connectivity index (χ1v) is 7.43. The molecule has 1 saturated heterocycles. The lowest BCUT2D eigenvalue weighted by atomic mass is 9.78. The Morgan fingerprint density at radius 2 is 2.00 bits per heavy atom. The molecular formula is C15H24N4O. The molecule has 1 aliphatic rings. The second kappa shape index (κ2) is 6.20. The lowest BCUT2D eigenvalue weighted by molar-refractivity contribution is 0.0594. The van der Waals surface area contributed by atoms with Gasteiger partial charge in [-0.1, -0.05) is 20.3 Å². The van der Waals surface area contributed by atoms with Crippen molar-refractivity contribution in [3.05, 3.63) is 18.1 Å². The smallest absolute Gasteiger partial charge is 0.274 e. The highest BCUT2D eigenvalue weighted by atomic mass is 16.2. The zero-order chi connectivity index (χ0) is 14.6. The lowest BCUT2D eigenvalue weighted by Gasteiger charge is -2.38. The molecule has 1 aromatic heterocycles. The molecule has 0 unspecified atom stereocenters. The minimum atomic E-state index is -0.00120. The van der Waals surface area contributed by atoms with E-state index in [9.17, 15) is 4.79 Å². The minimum absolute atomic E-state index is 0.00120. The number of hydrogen-bond donors (Lipinski definition) is 1. The van der Waals surface area contributed by atoms with Crippen LogP contribution in [-0.2, 0) is 0 Å². The van der Waals surface area contributed by atoms with Gasteiger partial charge in [0, 0.05) is 19.6 Å². The van der Waals surface area contributed by atoms with Crippen LogP contribution in [0.2, 0.25) is 0 Å². The lowest BCUT2D eigenvalue weighted by Crippen LogP contribution is -2.42. The number of carbonyl (C=O) groups is 1. The first kappa shape index (κ1) is 14.8.